The van der Waals surface area contributed by atoms with E-state index in [2.05, 4.69) is 25.6 Å². The molecule has 0 amide bonds. The van der Waals surface area contributed by atoms with E-state index in [1.54, 1.807) is 6.04 Å². The van der Waals surface area contributed by atoms with Crippen LogP contribution in [0.3, 0.4) is 0 Å². The van der Waals surface area contributed by atoms with E-state index < -0.39 is 0 Å². The zero-order chi connectivity index (χ0) is 12.1. The highest BCUT2D eigenvalue weighted by Gasteiger charge is 1.98. The Labute approximate surface area is 108 Å². The molecule has 0 saturated heterocycles. The van der Waals surface area contributed by atoms with Crippen LogP contribution in [-0.2, 0) is 0 Å². The van der Waals surface area contributed by atoms with Gasteiger partial charge in [0, 0.05) is 9.52 Å². The summed E-state index contributed by atoms with van der Waals surface area (Å²) in [7, 11) is 0.953. The second-order valence-corrected chi connectivity index (χ2v) is 9.65. The number of unbranched alkanes of at least 4 members (excludes halogenated alkanes) is 4. The van der Waals surface area contributed by atoms with Crippen LogP contribution >= 0.6 is 0 Å². The number of rotatable bonds is 11. The summed E-state index contributed by atoms with van der Waals surface area (Å²) < 4.78 is 0. The highest BCUT2D eigenvalue weighted by atomic mass is 28.2. The Bertz CT molecular complexity index is 164. The summed E-state index contributed by atoms with van der Waals surface area (Å²) in [6.45, 7) is 6.99. The summed E-state index contributed by atoms with van der Waals surface area (Å²) in [6, 6.07) is 3.10. The molecule has 16 heavy (non-hydrogen) atoms. The fraction of sp³-hybridized carbons (Fsp3) is 0.929. The molecule has 0 aliphatic rings. The van der Waals surface area contributed by atoms with E-state index in [9.17, 15) is 0 Å². The minimum absolute atomic E-state index is 0.219. The molecule has 0 spiro atoms. The molecule has 0 aliphatic carbocycles. The third-order valence-corrected chi connectivity index (χ3v) is 8.70. The highest BCUT2D eigenvalue weighted by Crippen LogP contribution is 2.06. The van der Waals surface area contributed by atoms with Crippen LogP contribution in [0.25, 0.3) is 0 Å². The predicted molar refractivity (Wildman–Crippen MR) is 84.3 cm³/mol. The monoisotopic (exact) mass is 256 g/mol. The number of hydrogen-bond donors (Lipinski definition) is 0. The summed E-state index contributed by atoms with van der Waals surface area (Å²) in [5, 5.41) is 0. The van der Waals surface area contributed by atoms with Crippen LogP contribution in [-0.4, -0.2) is 23.4 Å². The van der Waals surface area contributed by atoms with Crippen molar-refractivity contribution in [2.24, 2.45) is 0 Å². The molecular formula is C14H32Si2. The molecule has 0 heterocycles. The van der Waals surface area contributed by atoms with Crippen LogP contribution in [0.1, 0.15) is 72.1 Å². The molecular weight excluding hydrogens is 224 g/mol. The zero-order valence-electron chi connectivity index (χ0n) is 11.9. The van der Waals surface area contributed by atoms with Crippen molar-refractivity contribution in [1.82, 2.24) is 0 Å². The van der Waals surface area contributed by atoms with Gasteiger partial charge in [-0.1, -0.05) is 71.8 Å². The van der Waals surface area contributed by atoms with E-state index in [-0.39, 0.29) is 9.52 Å². The molecule has 96 valence electrons. The van der Waals surface area contributed by atoms with Crippen molar-refractivity contribution in [2.75, 3.05) is 0 Å². The molecule has 0 saturated carbocycles. The van der Waals surface area contributed by atoms with Gasteiger partial charge in [-0.3, -0.25) is 0 Å². The third-order valence-electron chi connectivity index (χ3n) is 3.17. The Balaban J connectivity index is 3.65. The highest BCUT2D eigenvalue weighted by molar-refractivity contribution is 6.91. The number of hydrogen-bond acceptors (Lipinski definition) is 0. The molecule has 0 aliphatic heterocycles. The van der Waals surface area contributed by atoms with Crippen LogP contribution in [0, 0.1) is 0 Å². The molecule has 0 aromatic carbocycles. The first-order valence-electron chi connectivity index (χ1n) is 7.53. The maximum absolute atomic E-state index is 2.35. The van der Waals surface area contributed by atoms with Crippen LogP contribution in [0.15, 0.2) is 0 Å². The van der Waals surface area contributed by atoms with Crippen molar-refractivity contribution in [3.05, 3.63) is 0 Å². The van der Waals surface area contributed by atoms with Crippen molar-refractivity contribution in [2.45, 2.75) is 84.2 Å². The molecule has 0 fully saturated rings. The molecule has 0 N–H and O–H groups in total. The summed E-state index contributed by atoms with van der Waals surface area (Å²) in [5.41, 5.74) is 0. The standard InChI is InChI=1S/C14H32Si2/c1-4-7-8-9-10-11-14(15-12-5-2)16-13-6-3/h15H,4-13,16H2,1-3H3. The van der Waals surface area contributed by atoms with Gasteiger partial charge in [0.15, 0.2) is 0 Å². The van der Waals surface area contributed by atoms with E-state index in [1.165, 1.54) is 57.4 Å². The van der Waals surface area contributed by atoms with Gasteiger partial charge in [0.2, 0.25) is 0 Å². The molecule has 0 atom stereocenters. The lowest BCUT2D eigenvalue weighted by molar-refractivity contribution is 0.645. The Morgan fingerprint density at radius 3 is 2.25 bits per heavy atom. The first-order valence-corrected chi connectivity index (χ1v) is 10.6. The SMILES string of the molecule is CCCCCCCC(=[SiH]CCC)[SiH2]CCC. The average Bonchev–Trinajstić information content (AvgIpc) is 2.31. The van der Waals surface area contributed by atoms with Gasteiger partial charge in [-0.25, -0.2) is 0 Å². The largest absolute Gasteiger partial charge is 0.108 e. The van der Waals surface area contributed by atoms with Gasteiger partial charge >= 0.3 is 0 Å². The first kappa shape index (κ1) is 16.3. The Hall–Kier alpha value is 0.304. The quantitative estimate of drug-likeness (QED) is 0.390. The summed E-state index contributed by atoms with van der Waals surface area (Å²) in [4.78, 5) is 2.08. The van der Waals surface area contributed by atoms with E-state index in [4.69, 9.17) is 0 Å². The van der Waals surface area contributed by atoms with Gasteiger partial charge in [-0.05, 0) is 21.6 Å². The van der Waals surface area contributed by atoms with Crippen LogP contribution in [0.4, 0.5) is 0 Å². The molecule has 0 unspecified atom stereocenters. The zero-order valence-corrected chi connectivity index (χ0v) is 14.4. The van der Waals surface area contributed by atoms with E-state index in [0.717, 1.165) is 9.13 Å². The lowest BCUT2D eigenvalue weighted by Gasteiger charge is -2.06. The van der Waals surface area contributed by atoms with Crippen LogP contribution in [0.5, 0.6) is 0 Å². The topological polar surface area (TPSA) is 0 Å². The third kappa shape index (κ3) is 10.8. The Morgan fingerprint density at radius 2 is 1.62 bits per heavy atom. The van der Waals surface area contributed by atoms with Gasteiger partial charge in [0.1, 0.15) is 0 Å². The fourth-order valence-corrected chi connectivity index (χ4v) is 6.49. The molecule has 0 aromatic heterocycles. The van der Waals surface area contributed by atoms with Crippen molar-refractivity contribution in [3.63, 3.8) is 0 Å². The van der Waals surface area contributed by atoms with Gasteiger partial charge in [-0.15, -0.1) is 4.79 Å². The Morgan fingerprint density at radius 1 is 0.875 bits per heavy atom. The second-order valence-electron chi connectivity index (χ2n) is 4.92. The maximum atomic E-state index is 2.35. The molecule has 0 radical (unpaired) electrons. The lowest BCUT2D eigenvalue weighted by Crippen LogP contribution is -2.13. The fourth-order valence-electron chi connectivity index (χ4n) is 2.04. The van der Waals surface area contributed by atoms with Crippen molar-refractivity contribution in [1.29, 1.82) is 0 Å². The first-order chi connectivity index (χ1) is 7.85. The normalized spacial score (nSPS) is 12.8. The van der Waals surface area contributed by atoms with Gasteiger partial charge in [0.05, 0.1) is 0 Å². The van der Waals surface area contributed by atoms with E-state index in [0.29, 0.717) is 0 Å². The molecule has 0 bridgehead atoms. The minimum atomic E-state index is 0.219. The van der Waals surface area contributed by atoms with E-state index in [1.807, 2.05) is 0 Å². The lowest BCUT2D eigenvalue weighted by atomic mass is 10.1. The molecule has 0 rings (SSSR count). The average molecular weight is 257 g/mol. The molecule has 2 heteroatoms. The predicted octanol–water partition coefficient (Wildman–Crippen LogP) is 3.74. The smallest absolute Gasteiger partial charge is 0.0434 e. The van der Waals surface area contributed by atoms with Crippen LogP contribution in [0.2, 0.25) is 12.1 Å². The minimum Gasteiger partial charge on any atom is -0.108 e. The van der Waals surface area contributed by atoms with Crippen molar-refractivity contribution in [3.8, 4) is 0 Å². The van der Waals surface area contributed by atoms with Crippen molar-refractivity contribution < 1.29 is 0 Å². The summed E-state index contributed by atoms with van der Waals surface area (Å²) >= 11 is 0. The van der Waals surface area contributed by atoms with Gasteiger partial charge in [0.25, 0.3) is 0 Å². The Kier molecular flexibility index (Phi) is 13.6. The van der Waals surface area contributed by atoms with Crippen LogP contribution < -0.4 is 0 Å². The second kappa shape index (κ2) is 13.4. The maximum Gasteiger partial charge on any atom is 0.0434 e. The van der Waals surface area contributed by atoms with Gasteiger partial charge in [-0.2, -0.15) is 0 Å². The van der Waals surface area contributed by atoms with Gasteiger partial charge < -0.3 is 0 Å². The summed E-state index contributed by atoms with van der Waals surface area (Å²) in [6.07, 6.45) is 11.7. The van der Waals surface area contributed by atoms with E-state index >= 15 is 0 Å². The molecule has 0 aromatic rings. The van der Waals surface area contributed by atoms with Crippen molar-refractivity contribution >= 4 is 23.4 Å². The summed E-state index contributed by atoms with van der Waals surface area (Å²) in [5.74, 6) is 0. The molecule has 0 nitrogen and oxygen atoms in total.